The van der Waals surface area contributed by atoms with Crippen molar-refractivity contribution < 1.29 is 0 Å². The summed E-state index contributed by atoms with van der Waals surface area (Å²) in [6.45, 7) is 3.50. The molecule has 5 nitrogen and oxygen atoms in total. The number of hydrogen-bond acceptors (Lipinski definition) is 2. The van der Waals surface area contributed by atoms with Crippen LogP contribution in [-0.4, -0.2) is 22.6 Å². The summed E-state index contributed by atoms with van der Waals surface area (Å²) in [5.74, 6) is 0.707. The highest BCUT2D eigenvalue weighted by Crippen LogP contribution is 2.26. The highest BCUT2D eigenvalue weighted by atomic mass is 127. The average Bonchev–Trinajstić information content (AvgIpc) is 3.18. The SMILES string of the molecule is CN=C(NCc1cccc(Cn2ccnc2)c1)NC(C)c1ccc(Cl)cc1Cl.I. The van der Waals surface area contributed by atoms with E-state index >= 15 is 0 Å². The molecule has 3 aromatic rings. The lowest BCUT2D eigenvalue weighted by Gasteiger charge is -2.19. The van der Waals surface area contributed by atoms with Crippen molar-refractivity contribution in [2.45, 2.75) is 26.1 Å². The van der Waals surface area contributed by atoms with Gasteiger partial charge in [-0.15, -0.1) is 24.0 Å². The number of guanidine groups is 1. The second-order valence-electron chi connectivity index (χ2n) is 6.51. The van der Waals surface area contributed by atoms with E-state index in [9.17, 15) is 0 Å². The minimum absolute atomic E-state index is 0. The molecule has 0 saturated heterocycles. The van der Waals surface area contributed by atoms with Crippen molar-refractivity contribution in [1.82, 2.24) is 20.2 Å². The number of rotatable bonds is 6. The third kappa shape index (κ3) is 6.90. The molecule has 0 aliphatic heterocycles. The van der Waals surface area contributed by atoms with Crippen LogP contribution in [0.25, 0.3) is 0 Å². The summed E-state index contributed by atoms with van der Waals surface area (Å²) in [5.41, 5.74) is 3.37. The summed E-state index contributed by atoms with van der Waals surface area (Å²) >= 11 is 12.3. The molecule has 2 aromatic carbocycles. The summed E-state index contributed by atoms with van der Waals surface area (Å²) in [5, 5.41) is 7.98. The molecule has 1 atom stereocenters. The molecular weight excluding hydrogens is 520 g/mol. The Bertz CT molecular complexity index is 944. The Kier molecular flexibility index (Phi) is 9.26. The zero-order valence-electron chi connectivity index (χ0n) is 16.3. The summed E-state index contributed by atoms with van der Waals surface area (Å²) < 4.78 is 2.05. The van der Waals surface area contributed by atoms with Gasteiger partial charge in [-0.25, -0.2) is 4.98 Å². The second kappa shape index (κ2) is 11.4. The third-order valence-corrected chi connectivity index (χ3v) is 4.94. The van der Waals surface area contributed by atoms with Gasteiger partial charge in [0.05, 0.1) is 12.4 Å². The highest BCUT2D eigenvalue weighted by molar-refractivity contribution is 14.0. The molecule has 0 radical (unpaired) electrons. The van der Waals surface area contributed by atoms with Crippen LogP contribution in [0.5, 0.6) is 0 Å². The van der Waals surface area contributed by atoms with E-state index in [0.29, 0.717) is 22.5 Å². The largest absolute Gasteiger partial charge is 0.352 e. The van der Waals surface area contributed by atoms with Crippen LogP contribution >= 0.6 is 47.2 Å². The van der Waals surface area contributed by atoms with Gasteiger partial charge < -0.3 is 15.2 Å². The van der Waals surface area contributed by atoms with E-state index in [1.165, 1.54) is 11.1 Å². The number of hydrogen-bond donors (Lipinski definition) is 2. The number of benzene rings is 2. The number of nitrogens with one attached hydrogen (secondary N) is 2. The third-order valence-electron chi connectivity index (χ3n) is 4.38. The molecule has 1 aromatic heterocycles. The van der Waals surface area contributed by atoms with Crippen molar-refractivity contribution in [2.24, 2.45) is 4.99 Å². The lowest BCUT2D eigenvalue weighted by Crippen LogP contribution is -2.38. The quantitative estimate of drug-likeness (QED) is 0.252. The Morgan fingerprint density at radius 2 is 1.97 bits per heavy atom. The Morgan fingerprint density at radius 3 is 2.66 bits per heavy atom. The fraction of sp³-hybridized carbons (Fsp3) is 0.238. The van der Waals surface area contributed by atoms with E-state index in [0.717, 1.165) is 12.1 Å². The normalized spacial score (nSPS) is 12.2. The van der Waals surface area contributed by atoms with E-state index in [-0.39, 0.29) is 30.0 Å². The van der Waals surface area contributed by atoms with Gasteiger partial charge in [-0.3, -0.25) is 4.99 Å². The number of halogens is 3. The summed E-state index contributed by atoms with van der Waals surface area (Å²) in [6, 6.07) is 14.0. The maximum absolute atomic E-state index is 6.31. The first-order chi connectivity index (χ1) is 13.5. The van der Waals surface area contributed by atoms with Gasteiger partial charge in [0.2, 0.25) is 0 Å². The van der Waals surface area contributed by atoms with Crippen LogP contribution in [0, 0.1) is 0 Å². The van der Waals surface area contributed by atoms with E-state index in [1.807, 2.05) is 36.1 Å². The first-order valence-electron chi connectivity index (χ1n) is 9.01. The Morgan fingerprint density at radius 1 is 1.17 bits per heavy atom. The summed E-state index contributed by atoms with van der Waals surface area (Å²) in [6.07, 6.45) is 5.56. The molecule has 2 N–H and O–H groups in total. The molecule has 1 heterocycles. The van der Waals surface area contributed by atoms with Crippen molar-refractivity contribution in [3.63, 3.8) is 0 Å². The van der Waals surface area contributed by atoms with Crippen molar-refractivity contribution in [3.8, 4) is 0 Å². The number of aromatic nitrogens is 2. The molecule has 29 heavy (non-hydrogen) atoms. The average molecular weight is 544 g/mol. The topological polar surface area (TPSA) is 54.2 Å². The van der Waals surface area contributed by atoms with Crippen LogP contribution in [0.15, 0.2) is 66.2 Å². The van der Waals surface area contributed by atoms with Crippen molar-refractivity contribution in [1.29, 1.82) is 0 Å². The van der Waals surface area contributed by atoms with E-state index in [4.69, 9.17) is 23.2 Å². The van der Waals surface area contributed by atoms with Crippen LogP contribution in [0.1, 0.15) is 29.7 Å². The first kappa shape index (κ1) is 23.5. The molecule has 8 heteroatoms. The fourth-order valence-corrected chi connectivity index (χ4v) is 3.52. The Balaban J connectivity index is 0.00000300. The van der Waals surface area contributed by atoms with Crippen LogP contribution < -0.4 is 10.6 Å². The van der Waals surface area contributed by atoms with Gasteiger partial charge in [-0.05, 0) is 35.7 Å². The maximum atomic E-state index is 6.31. The molecule has 0 aliphatic rings. The lowest BCUT2D eigenvalue weighted by molar-refractivity contribution is 0.685. The van der Waals surface area contributed by atoms with Crippen LogP contribution in [0.2, 0.25) is 10.0 Å². The monoisotopic (exact) mass is 543 g/mol. The van der Waals surface area contributed by atoms with E-state index in [2.05, 4.69) is 44.9 Å². The zero-order chi connectivity index (χ0) is 19.9. The van der Waals surface area contributed by atoms with Crippen LogP contribution in [0.3, 0.4) is 0 Å². The smallest absolute Gasteiger partial charge is 0.191 e. The molecule has 0 saturated carbocycles. The van der Waals surface area contributed by atoms with Crippen molar-refractivity contribution in [2.75, 3.05) is 7.05 Å². The maximum Gasteiger partial charge on any atom is 0.191 e. The molecule has 154 valence electrons. The lowest BCUT2D eigenvalue weighted by atomic mass is 10.1. The van der Waals surface area contributed by atoms with E-state index < -0.39 is 0 Å². The molecule has 0 bridgehead atoms. The summed E-state index contributed by atoms with van der Waals surface area (Å²) in [7, 11) is 1.75. The predicted molar refractivity (Wildman–Crippen MR) is 131 cm³/mol. The fourth-order valence-electron chi connectivity index (χ4n) is 2.94. The van der Waals surface area contributed by atoms with Crippen molar-refractivity contribution in [3.05, 3.63) is 87.9 Å². The minimum atomic E-state index is -0.0106. The van der Waals surface area contributed by atoms with Crippen LogP contribution in [-0.2, 0) is 13.1 Å². The number of nitrogens with zero attached hydrogens (tertiary/aromatic N) is 3. The summed E-state index contributed by atoms with van der Waals surface area (Å²) in [4.78, 5) is 8.40. The zero-order valence-corrected chi connectivity index (χ0v) is 20.1. The minimum Gasteiger partial charge on any atom is -0.352 e. The molecule has 0 aliphatic carbocycles. The van der Waals surface area contributed by atoms with Gasteiger partial charge in [-0.1, -0.05) is 53.5 Å². The molecule has 3 rings (SSSR count). The van der Waals surface area contributed by atoms with Gasteiger partial charge >= 0.3 is 0 Å². The highest BCUT2D eigenvalue weighted by Gasteiger charge is 2.12. The van der Waals surface area contributed by atoms with E-state index in [1.54, 1.807) is 19.3 Å². The van der Waals surface area contributed by atoms with Gasteiger partial charge in [0.25, 0.3) is 0 Å². The van der Waals surface area contributed by atoms with Crippen LogP contribution in [0.4, 0.5) is 0 Å². The van der Waals surface area contributed by atoms with Crippen molar-refractivity contribution >= 4 is 53.1 Å². The molecule has 0 amide bonds. The Labute approximate surface area is 198 Å². The Hall–Kier alpha value is -1.77. The number of aliphatic imine (C=N–C) groups is 1. The van der Waals surface area contributed by atoms with Gasteiger partial charge in [0.1, 0.15) is 0 Å². The standard InChI is InChI=1S/C21H23Cl2N5.HI/c1-15(19-7-6-18(22)11-20(19)23)27-21(24-2)26-12-16-4-3-5-17(10-16)13-28-9-8-25-14-28;/h3-11,14-15H,12-13H2,1-2H3,(H2,24,26,27);1H. The molecule has 0 fully saturated rings. The number of imidazole rings is 1. The second-order valence-corrected chi connectivity index (χ2v) is 7.36. The van der Waals surface area contributed by atoms with Gasteiger partial charge in [-0.2, -0.15) is 0 Å². The van der Waals surface area contributed by atoms with Gasteiger partial charge in [0, 0.05) is 42.6 Å². The molecular formula is C21H24Cl2IN5. The molecule has 1 unspecified atom stereocenters. The predicted octanol–water partition coefficient (Wildman–Crippen LogP) is 5.28. The van der Waals surface area contributed by atoms with Gasteiger partial charge in [0.15, 0.2) is 5.96 Å². The first-order valence-corrected chi connectivity index (χ1v) is 9.76. The molecule has 0 spiro atoms.